The first-order valence-corrected chi connectivity index (χ1v) is 6.97. The minimum Gasteiger partial charge on any atom is -0.323 e. The summed E-state index contributed by atoms with van der Waals surface area (Å²) in [7, 11) is 0. The molecule has 1 nitrogen and oxygen atoms in total. The van der Waals surface area contributed by atoms with Crippen molar-refractivity contribution in [2.75, 3.05) is 0 Å². The van der Waals surface area contributed by atoms with Gasteiger partial charge in [-0.25, -0.2) is 0 Å². The van der Waals surface area contributed by atoms with Gasteiger partial charge in [-0.3, -0.25) is 0 Å². The van der Waals surface area contributed by atoms with Crippen molar-refractivity contribution in [2.24, 2.45) is 5.73 Å². The van der Waals surface area contributed by atoms with Gasteiger partial charge in [-0.15, -0.1) is 11.3 Å². The van der Waals surface area contributed by atoms with Crippen LogP contribution < -0.4 is 5.73 Å². The van der Waals surface area contributed by atoms with E-state index in [-0.39, 0.29) is 6.04 Å². The normalized spacial score (nSPS) is 12.6. The molecule has 2 N–H and O–H groups in total. The Kier molecular flexibility index (Phi) is 4.21. The van der Waals surface area contributed by atoms with Crippen LogP contribution in [0.5, 0.6) is 0 Å². The first-order valence-electron chi connectivity index (χ1n) is 5.71. The van der Waals surface area contributed by atoms with Crippen molar-refractivity contribution in [2.45, 2.75) is 25.8 Å². The molecular weight excluding hydrogens is 250 g/mol. The zero-order valence-electron chi connectivity index (χ0n) is 9.82. The number of hydrogen-bond acceptors (Lipinski definition) is 2. The Morgan fingerprint density at radius 1 is 1.29 bits per heavy atom. The second-order valence-corrected chi connectivity index (χ2v) is 5.52. The van der Waals surface area contributed by atoms with Crippen LogP contribution in [-0.2, 0) is 6.42 Å². The molecule has 90 valence electrons. The summed E-state index contributed by atoms with van der Waals surface area (Å²) in [6.07, 6.45) is 1.93. The molecule has 2 rings (SSSR count). The van der Waals surface area contributed by atoms with Gasteiger partial charge in [0.15, 0.2) is 0 Å². The second-order valence-electron chi connectivity index (χ2n) is 4.23. The predicted molar refractivity (Wildman–Crippen MR) is 75.8 cm³/mol. The summed E-state index contributed by atoms with van der Waals surface area (Å²) in [4.78, 5) is 1.11. The molecule has 0 spiro atoms. The van der Waals surface area contributed by atoms with Gasteiger partial charge in [-0.05, 0) is 36.3 Å². The van der Waals surface area contributed by atoms with Gasteiger partial charge in [0.25, 0.3) is 0 Å². The number of benzene rings is 1. The minimum atomic E-state index is 0.0430. The van der Waals surface area contributed by atoms with E-state index in [0.717, 1.165) is 28.3 Å². The fourth-order valence-corrected chi connectivity index (χ4v) is 3.17. The molecule has 1 aromatic heterocycles. The molecule has 2 aromatic rings. The van der Waals surface area contributed by atoms with E-state index in [1.54, 1.807) is 11.3 Å². The molecule has 0 fully saturated rings. The summed E-state index contributed by atoms with van der Waals surface area (Å²) < 4.78 is 0. The molecule has 1 heterocycles. The van der Waals surface area contributed by atoms with Crippen molar-refractivity contribution >= 4 is 22.9 Å². The van der Waals surface area contributed by atoms with E-state index in [2.05, 4.69) is 29.6 Å². The Bertz CT molecular complexity index is 478. The van der Waals surface area contributed by atoms with Crippen LogP contribution in [0.25, 0.3) is 0 Å². The highest BCUT2D eigenvalue weighted by Crippen LogP contribution is 2.33. The minimum absolute atomic E-state index is 0.0430. The Labute approximate surface area is 111 Å². The van der Waals surface area contributed by atoms with E-state index >= 15 is 0 Å². The molecule has 1 unspecified atom stereocenters. The van der Waals surface area contributed by atoms with Gasteiger partial charge in [0, 0.05) is 10.9 Å². The van der Waals surface area contributed by atoms with Gasteiger partial charge in [0.2, 0.25) is 0 Å². The van der Waals surface area contributed by atoms with Gasteiger partial charge >= 0.3 is 0 Å². The van der Waals surface area contributed by atoms with E-state index in [1.807, 2.05) is 13.0 Å². The van der Waals surface area contributed by atoms with Crippen molar-refractivity contribution in [1.29, 1.82) is 0 Å². The van der Waals surface area contributed by atoms with Crippen molar-refractivity contribution in [3.8, 4) is 0 Å². The maximum absolute atomic E-state index is 6.22. The molecule has 1 atom stereocenters. The van der Waals surface area contributed by atoms with Crippen LogP contribution in [0.3, 0.4) is 0 Å². The van der Waals surface area contributed by atoms with E-state index in [0.29, 0.717) is 0 Å². The Morgan fingerprint density at radius 3 is 2.59 bits per heavy atom. The molecule has 0 saturated heterocycles. The standard InChI is InChI=1S/C14H16ClNS/c1-10-9-17-14(13(10)15)12(16)8-7-11-5-3-2-4-6-11/h2-6,9,12H,7-8,16H2,1H3. The quantitative estimate of drug-likeness (QED) is 0.874. The van der Waals surface area contributed by atoms with E-state index in [1.165, 1.54) is 5.56 Å². The average molecular weight is 266 g/mol. The zero-order chi connectivity index (χ0) is 12.3. The van der Waals surface area contributed by atoms with Gasteiger partial charge in [-0.1, -0.05) is 41.9 Å². The van der Waals surface area contributed by atoms with Gasteiger partial charge in [0.1, 0.15) is 0 Å². The zero-order valence-corrected chi connectivity index (χ0v) is 11.4. The summed E-state index contributed by atoms with van der Waals surface area (Å²) in [5.74, 6) is 0. The van der Waals surface area contributed by atoms with Crippen molar-refractivity contribution in [1.82, 2.24) is 0 Å². The van der Waals surface area contributed by atoms with Crippen LogP contribution in [0.2, 0.25) is 5.02 Å². The van der Waals surface area contributed by atoms with Gasteiger partial charge in [0.05, 0.1) is 5.02 Å². The average Bonchev–Trinajstić information content (AvgIpc) is 2.69. The third kappa shape index (κ3) is 3.09. The van der Waals surface area contributed by atoms with Gasteiger partial charge in [-0.2, -0.15) is 0 Å². The highest BCUT2D eigenvalue weighted by Gasteiger charge is 2.13. The van der Waals surface area contributed by atoms with Crippen molar-refractivity contribution < 1.29 is 0 Å². The summed E-state index contributed by atoms with van der Waals surface area (Å²) >= 11 is 7.88. The summed E-state index contributed by atoms with van der Waals surface area (Å²) in [6.45, 7) is 2.02. The summed E-state index contributed by atoms with van der Waals surface area (Å²) in [5, 5.41) is 2.91. The molecule has 0 aliphatic heterocycles. The lowest BCUT2D eigenvalue weighted by Crippen LogP contribution is -2.10. The summed E-state index contributed by atoms with van der Waals surface area (Å²) in [5.41, 5.74) is 8.64. The third-order valence-corrected chi connectivity index (χ3v) is 4.69. The number of thiophene rings is 1. The van der Waals surface area contributed by atoms with Crippen LogP contribution >= 0.6 is 22.9 Å². The Balaban J connectivity index is 1.98. The highest BCUT2D eigenvalue weighted by atomic mass is 35.5. The smallest absolute Gasteiger partial charge is 0.0590 e. The van der Waals surface area contributed by atoms with Crippen molar-refractivity contribution in [3.63, 3.8) is 0 Å². The lowest BCUT2D eigenvalue weighted by molar-refractivity contribution is 0.662. The molecule has 3 heteroatoms. The van der Waals surface area contributed by atoms with Crippen LogP contribution in [0.15, 0.2) is 35.7 Å². The molecular formula is C14H16ClNS. The predicted octanol–water partition coefficient (Wildman–Crippen LogP) is 4.34. The van der Waals surface area contributed by atoms with E-state index < -0.39 is 0 Å². The number of aryl methyl sites for hydroxylation is 2. The monoisotopic (exact) mass is 265 g/mol. The molecule has 1 aromatic carbocycles. The number of rotatable bonds is 4. The van der Waals surface area contributed by atoms with Crippen LogP contribution in [0, 0.1) is 6.92 Å². The number of hydrogen-bond donors (Lipinski definition) is 1. The topological polar surface area (TPSA) is 26.0 Å². The Hall–Kier alpha value is -0.830. The van der Waals surface area contributed by atoms with Gasteiger partial charge < -0.3 is 5.73 Å². The first-order chi connectivity index (χ1) is 8.18. The van der Waals surface area contributed by atoms with E-state index in [4.69, 9.17) is 17.3 Å². The third-order valence-electron chi connectivity index (χ3n) is 2.85. The fourth-order valence-electron chi connectivity index (χ4n) is 1.80. The largest absolute Gasteiger partial charge is 0.323 e. The fraction of sp³-hybridized carbons (Fsp3) is 0.286. The molecule has 0 aliphatic carbocycles. The number of halogens is 1. The molecule has 0 saturated carbocycles. The highest BCUT2D eigenvalue weighted by molar-refractivity contribution is 7.10. The lowest BCUT2D eigenvalue weighted by Gasteiger charge is -2.10. The molecule has 17 heavy (non-hydrogen) atoms. The van der Waals surface area contributed by atoms with Crippen LogP contribution in [-0.4, -0.2) is 0 Å². The molecule has 0 bridgehead atoms. The molecule has 0 radical (unpaired) electrons. The maximum atomic E-state index is 6.22. The molecule has 0 aliphatic rings. The second kappa shape index (κ2) is 5.67. The maximum Gasteiger partial charge on any atom is 0.0590 e. The van der Waals surface area contributed by atoms with Crippen molar-refractivity contribution in [3.05, 3.63) is 56.7 Å². The SMILES string of the molecule is Cc1csc(C(N)CCc2ccccc2)c1Cl. The Morgan fingerprint density at radius 2 is 2.00 bits per heavy atom. The summed E-state index contributed by atoms with van der Waals surface area (Å²) in [6, 6.07) is 10.5. The van der Waals surface area contributed by atoms with Crippen LogP contribution in [0.1, 0.15) is 28.5 Å². The molecule has 0 amide bonds. The van der Waals surface area contributed by atoms with E-state index in [9.17, 15) is 0 Å². The van der Waals surface area contributed by atoms with Crippen LogP contribution in [0.4, 0.5) is 0 Å². The first kappa shape index (κ1) is 12.6. The number of nitrogens with two attached hydrogens (primary N) is 1. The lowest BCUT2D eigenvalue weighted by atomic mass is 10.0.